The number of nitrogens with zero attached hydrogens (tertiary/aromatic N) is 5. The Labute approximate surface area is 222 Å². The number of nitrogens with one attached hydrogen (secondary N) is 2. The molecule has 10 heteroatoms. The predicted octanol–water partition coefficient (Wildman–Crippen LogP) is 2.46. The minimum atomic E-state index is -0.750. The summed E-state index contributed by atoms with van der Waals surface area (Å²) in [5, 5.41) is 10.6. The zero-order chi connectivity index (χ0) is 27.1. The number of carbonyl (C=O) groups is 3. The van der Waals surface area contributed by atoms with Gasteiger partial charge in [0.25, 0.3) is 5.91 Å². The van der Waals surface area contributed by atoms with Crippen molar-refractivity contribution >= 4 is 17.7 Å². The number of carbonyl (C=O) groups excluding carboxylic acids is 3. The van der Waals surface area contributed by atoms with Gasteiger partial charge < -0.3 is 15.5 Å². The summed E-state index contributed by atoms with van der Waals surface area (Å²) in [6.45, 7) is 6.98. The minimum Gasteiger partial charge on any atom is -0.344 e. The predicted molar refractivity (Wildman–Crippen MR) is 142 cm³/mol. The van der Waals surface area contributed by atoms with Crippen LogP contribution < -0.4 is 10.6 Å². The van der Waals surface area contributed by atoms with Crippen molar-refractivity contribution < 1.29 is 14.4 Å². The van der Waals surface area contributed by atoms with E-state index >= 15 is 0 Å². The molecular weight excluding hydrogens is 482 g/mol. The topological polar surface area (TPSA) is 122 Å². The molecule has 200 valence electrons. The number of fused-ring (bicyclic) bond motifs is 1. The van der Waals surface area contributed by atoms with E-state index in [-0.39, 0.29) is 30.1 Å². The Bertz CT molecular complexity index is 1240. The Morgan fingerprint density at radius 1 is 1.05 bits per heavy atom. The zero-order valence-electron chi connectivity index (χ0n) is 22.1. The highest BCUT2D eigenvalue weighted by molar-refractivity contribution is 5.94. The van der Waals surface area contributed by atoms with Crippen LogP contribution in [0.2, 0.25) is 0 Å². The Morgan fingerprint density at radius 3 is 2.55 bits per heavy atom. The van der Waals surface area contributed by atoms with Gasteiger partial charge >= 0.3 is 0 Å². The summed E-state index contributed by atoms with van der Waals surface area (Å²) in [6, 6.07) is 11.9. The maximum absolute atomic E-state index is 13.5. The van der Waals surface area contributed by atoms with Gasteiger partial charge in [-0.15, -0.1) is 0 Å². The highest BCUT2D eigenvalue weighted by Gasteiger charge is 2.30. The van der Waals surface area contributed by atoms with E-state index in [0.29, 0.717) is 49.7 Å². The Kier molecular flexibility index (Phi) is 8.83. The van der Waals surface area contributed by atoms with Crippen molar-refractivity contribution in [2.24, 2.45) is 5.92 Å². The summed E-state index contributed by atoms with van der Waals surface area (Å²) in [7, 11) is 0. The van der Waals surface area contributed by atoms with Gasteiger partial charge in [0, 0.05) is 38.3 Å². The third-order valence-corrected chi connectivity index (χ3v) is 6.59. The van der Waals surface area contributed by atoms with E-state index in [9.17, 15) is 14.4 Å². The van der Waals surface area contributed by atoms with Gasteiger partial charge in [0.15, 0.2) is 0 Å². The second kappa shape index (κ2) is 12.4. The smallest absolute Gasteiger partial charge is 0.255 e. The molecule has 3 aromatic rings. The molecule has 0 unspecified atom stereocenters. The van der Waals surface area contributed by atoms with Crippen molar-refractivity contribution in [3.05, 3.63) is 77.6 Å². The number of benzene rings is 1. The molecule has 3 heterocycles. The fraction of sp³-hybridized carbons (Fsp3) is 0.429. The fourth-order valence-electron chi connectivity index (χ4n) is 4.61. The number of pyridine rings is 1. The molecule has 4 rings (SSSR count). The van der Waals surface area contributed by atoms with Gasteiger partial charge in [0.05, 0.1) is 18.2 Å². The van der Waals surface area contributed by atoms with Crippen LogP contribution in [0.4, 0.5) is 0 Å². The van der Waals surface area contributed by atoms with E-state index in [4.69, 9.17) is 0 Å². The molecule has 0 fully saturated rings. The lowest BCUT2D eigenvalue weighted by molar-refractivity contribution is -0.129. The summed E-state index contributed by atoms with van der Waals surface area (Å²) in [4.78, 5) is 50.2. The zero-order valence-corrected chi connectivity index (χ0v) is 22.1. The number of rotatable bonds is 4. The number of aromatic nitrogens is 4. The average Bonchev–Trinajstić information content (AvgIpc) is 3.28. The molecule has 0 saturated carbocycles. The summed E-state index contributed by atoms with van der Waals surface area (Å²) in [5.41, 5.74) is 1.44. The standard InChI is InChI=1S/C28H35N7O3/c1-19(2)25-26-30-20(3)33-35(26)16-15-34(28(38)22-11-7-13-29-18-22)14-8-12-24(36)31-23(27(37)32-25)17-21-9-5-4-6-10-21/h4-7,9-11,13,18-19,23,25H,8,12,14-17H2,1-3H3,(H,31,36)(H,32,37)/t23-,25+/m0/s1. The van der Waals surface area contributed by atoms with Crippen LogP contribution in [0.5, 0.6) is 0 Å². The normalized spacial score (nSPS) is 19.3. The van der Waals surface area contributed by atoms with Crippen molar-refractivity contribution in [1.29, 1.82) is 0 Å². The maximum Gasteiger partial charge on any atom is 0.255 e. The highest BCUT2D eigenvalue weighted by atomic mass is 16.2. The third kappa shape index (κ3) is 6.81. The molecule has 0 aliphatic carbocycles. The highest BCUT2D eigenvalue weighted by Crippen LogP contribution is 2.21. The first kappa shape index (κ1) is 27.0. The van der Waals surface area contributed by atoms with Gasteiger partial charge in [-0.25, -0.2) is 9.67 Å². The molecule has 0 saturated heterocycles. The van der Waals surface area contributed by atoms with Gasteiger partial charge in [-0.05, 0) is 37.0 Å². The monoisotopic (exact) mass is 517 g/mol. The molecule has 1 aromatic carbocycles. The Hall–Kier alpha value is -4.08. The first-order chi connectivity index (χ1) is 18.3. The SMILES string of the molecule is Cc1nc2n(n1)CCN(C(=O)c1cccnc1)CCCC(=O)N[C@@H](Cc1ccccc1)C(=O)N[C@@H]2C(C)C. The van der Waals surface area contributed by atoms with Gasteiger partial charge in [0.1, 0.15) is 17.7 Å². The third-order valence-electron chi connectivity index (χ3n) is 6.59. The quantitative estimate of drug-likeness (QED) is 0.548. The van der Waals surface area contributed by atoms with Crippen molar-refractivity contribution in [1.82, 2.24) is 35.3 Å². The average molecular weight is 518 g/mol. The second-order valence-electron chi connectivity index (χ2n) is 9.92. The molecule has 10 nitrogen and oxygen atoms in total. The van der Waals surface area contributed by atoms with E-state index < -0.39 is 12.1 Å². The molecule has 1 aliphatic rings. The first-order valence-electron chi connectivity index (χ1n) is 13.1. The van der Waals surface area contributed by atoms with Crippen LogP contribution in [-0.4, -0.2) is 61.5 Å². The van der Waals surface area contributed by atoms with Gasteiger partial charge in [-0.2, -0.15) is 5.10 Å². The van der Waals surface area contributed by atoms with Crippen LogP contribution in [0, 0.1) is 12.8 Å². The van der Waals surface area contributed by atoms with E-state index in [1.54, 1.807) is 34.1 Å². The second-order valence-corrected chi connectivity index (χ2v) is 9.92. The first-order valence-corrected chi connectivity index (χ1v) is 13.1. The minimum absolute atomic E-state index is 0.00964. The van der Waals surface area contributed by atoms with Crippen molar-refractivity contribution in [2.75, 3.05) is 13.1 Å². The van der Waals surface area contributed by atoms with Crippen LogP contribution in [0.1, 0.15) is 60.3 Å². The van der Waals surface area contributed by atoms with Crippen LogP contribution in [-0.2, 0) is 22.6 Å². The Morgan fingerprint density at radius 2 is 1.84 bits per heavy atom. The van der Waals surface area contributed by atoms with E-state index in [2.05, 4.69) is 25.7 Å². The number of hydrogen-bond acceptors (Lipinski definition) is 6. The molecule has 1 aliphatic heterocycles. The summed E-state index contributed by atoms with van der Waals surface area (Å²) in [5.74, 6) is 0.575. The van der Waals surface area contributed by atoms with Crippen LogP contribution >= 0.6 is 0 Å². The van der Waals surface area contributed by atoms with Crippen LogP contribution in [0.25, 0.3) is 0 Å². The number of amides is 3. The Balaban J connectivity index is 1.65. The van der Waals surface area contributed by atoms with E-state index in [1.807, 2.05) is 51.1 Å². The van der Waals surface area contributed by atoms with E-state index in [1.165, 1.54) is 0 Å². The number of aryl methyl sites for hydroxylation is 1. The van der Waals surface area contributed by atoms with Crippen molar-refractivity contribution in [3.63, 3.8) is 0 Å². The van der Waals surface area contributed by atoms with Crippen LogP contribution in [0.15, 0.2) is 54.9 Å². The largest absolute Gasteiger partial charge is 0.344 e. The summed E-state index contributed by atoms with van der Waals surface area (Å²) in [6.07, 6.45) is 4.18. The molecule has 3 amide bonds. The molecular formula is C28H35N7O3. The molecule has 38 heavy (non-hydrogen) atoms. The van der Waals surface area contributed by atoms with E-state index in [0.717, 1.165) is 5.56 Å². The lowest BCUT2D eigenvalue weighted by atomic mass is 10.0. The van der Waals surface area contributed by atoms with Gasteiger partial charge in [0.2, 0.25) is 11.8 Å². The lowest BCUT2D eigenvalue weighted by Gasteiger charge is -2.28. The van der Waals surface area contributed by atoms with Crippen molar-refractivity contribution in [2.45, 2.75) is 58.7 Å². The number of hydrogen-bond donors (Lipinski definition) is 2. The van der Waals surface area contributed by atoms with Crippen molar-refractivity contribution in [3.8, 4) is 0 Å². The fourth-order valence-corrected chi connectivity index (χ4v) is 4.61. The maximum atomic E-state index is 13.5. The molecule has 0 spiro atoms. The summed E-state index contributed by atoms with van der Waals surface area (Å²) < 4.78 is 1.78. The van der Waals surface area contributed by atoms with Crippen LogP contribution in [0.3, 0.4) is 0 Å². The van der Waals surface area contributed by atoms with Gasteiger partial charge in [-0.3, -0.25) is 19.4 Å². The molecule has 2 N–H and O–H groups in total. The lowest BCUT2D eigenvalue weighted by Crippen LogP contribution is -2.50. The summed E-state index contributed by atoms with van der Waals surface area (Å²) >= 11 is 0. The molecule has 2 atom stereocenters. The molecule has 2 aromatic heterocycles. The van der Waals surface area contributed by atoms with Gasteiger partial charge in [-0.1, -0.05) is 44.2 Å². The molecule has 0 bridgehead atoms. The molecule has 0 radical (unpaired) electrons.